The van der Waals surface area contributed by atoms with Crippen LogP contribution in [0, 0.1) is 13.8 Å². The molecule has 0 unspecified atom stereocenters. The van der Waals surface area contributed by atoms with Crippen molar-refractivity contribution in [1.29, 1.82) is 0 Å². The number of ether oxygens (including phenoxy) is 1. The van der Waals surface area contributed by atoms with Crippen molar-refractivity contribution in [2.45, 2.75) is 20.8 Å². The standard InChI is InChI=1S/C13H18N2O3/c1-4-18-12(16)8-14-13(17)15-11-6-5-9(2)10(3)7-11/h5-7H,4,8H2,1-3H3,(H2,14,15,17). The van der Waals surface area contributed by atoms with E-state index in [1.165, 1.54) is 0 Å². The second-order valence-corrected chi connectivity index (χ2v) is 3.91. The highest BCUT2D eigenvalue weighted by atomic mass is 16.5. The van der Waals surface area contributed by atoms with Crippen molar-refractivity contribution >= 4 is 17.7 Å². The van der Waals surface area contributed by atoms with Crippen LogP contribution in [0.15, 0.2) is 18.2 Å². The molecule has 0 atom stereocenters. The third-order valence-electron chi connectivity index (χ3n) is 2.46. The maximum Gasteiger partial charge on any atom is 0.325 e. The molecule has 5 nitrogen and oxygen atoms in total. The summed E-state index contributed by atoms with van der Waals surface area (Å²) >= 11 is 0. The lowest BCUT2D eigenvalue weighted by Gasteiger charge is -2.08. The van der Waals surface area contributed by atoms with Gasteiger partial charge in [-0.3, -0.25) is 4.79 Å². The van der Waals surface area contributed by atoms with Gasteiger partial charge in [0.1, 0.15) is 6.54 Å². The highest BCUT2D eigenvalue weighted by molar-refractivity contribution is 5.91. The fourth-order valence-corrected chi connectivity index (χ4v) is 1.36. The maximum atomic E-state index is 11.5. The Bertz CT molecular complexity index is 444. The summed E-state index contributed by atoms with van der Waals surface area (Å²) in [5, 5.41) is 5.07. The van der Waals surface area contributed by atoms with E-state index in [0.29, 0.717) is 12.3 Å². The van der Waals surface area contributed by atoms with Gasteiger partial charge in [-0.25, -0.2) is 4.79 Å². The molecule has 0 saturated heterocycles. The molecule has 1 aromatic carbocycles. The van der Waals surface area contributed by atoms with E-state index in [9.17, 15) is 9.59 Å². The fraction of sp³-hybridized carbons (Fsp3) is 0.385. The molecule has 0 aliphatic rings. The Morgan fingerprint density at radius 2 is 1.94 bits per heavy atom. The van der Waals surface area contributed by atoms with Gasteiger partial charge in [-0.1, -0.05) is 6.07 Å². The molecular weight excluding hydrogens is 232 g/mol. The van der Waals surface area contributed by atoms with Crippen molar-refractivity contribution in [2.24, 2.45) is 0 Å². The van der Waals surface area contributed by atoms with Gasteiger partial charge in [-0.2, -0.15) is 0 Å². The number of amides is 2. The van der Waals surface area contributed by atoms with Crippen LogP contribution >= 0.6 is 0 Å². The molecule has 1 rings (SSSR count). The first-order chi connectivity index (χ1) is 8.52. The fourth-order valence-electron chi connectivity index (χ4n) is 1.36. The number of aryl methyl sites for hydroxylation is 2. The summed E-state index contributed by atoms with van der Waals surface area (Å²) in [6.45, 7) is 5.85. The molecule has 0 aliphatic heterocycles. The maximum absolute atomic E-state index is 11.5. The lowest BCUT2D eigenvalue weighted by atomic mass is 10.1. The minimum absolute atomic E-state index is 0.134. The van der Waals surface area contributed by atoms with Crippen LogP contribution in [0.3, 0.4) is 0 Å². The molecule has 5 heteroatoms. The van der Waals surface area contributed by atoms with Crippen molar-refractivity contribution in [2.75, 3.05) is 18.5 Å². The first-order valence-electron chi connectivity index (χ1n) is 5.80. The molecule has 0 aromatic heterocycles. The quantitative estimate of drug-likeness (QED) is 0.803. The average Bonchev–Trinajstić information content (AvgIpc) is 2.32. The molecule has 0 saturated carbocycles. The van der Waals surface area contributed by atoms with Gasteiger partial charge in [0.15, 0.2) is 0 Å². The molecular formula is C13H18N2O3. The van der Waals surface area contributed by atoms with Crippen molar-refractivity contribution in [3.8, 4) is 0 Å². The number of rotatable bonds is 4. The van der Waals surface area contributed by atoms with Crippen LogP contribution in [0.5, 0.6) is 0 Å². The normalized spacial score (nSPS) is 9.72. The predicted molar refractivity (Wildman–Crippen MR) is 69.6 cm³/mol. The van der Waals surface area contributed by atoms with E-state index in [1.807, 2.05) is 32.0 Å². The van der Waals surface area contributed by atoms with Gasteiger partial charge in [0.05, 0.1) is 6.61 Å². The van der Waals surface area contributed by atoms with Crippen molar-refractivity contribution in [3.63, 3.8) is 0 Å². The summed E-state index contributed by atoms with van der Waals surface area (Å²) in [5.74, 6) is -0.451. The van der Waals surface area contributed by atoms with Gasteiger partial charge in [0, 0.05) is 5.69 Å². The number of hydrogen-bond donors (Lipinski definition) is 2. The first kappa shape index (κ1) is 14.0. The lowest BCUT2D eigenvalue weighted by Crippen LogP contribution is -2.34. The van der Waals surface area contributed by atoms with E-state index in [4.69, 9.17) is 4.74 Å². The van der Waals surface area contributed by atoms with E-state index in [2.05, 4.69) is 10.6 Å². The van der Waals surface area contributed by atoms with Crippen LogP contribution in [-0.4, -0.2) is 25.2 Å². The topological polar surface area (TPSA) is 67.4 Å². The molecule has 18 heavy (non-hydrogen) atoms. The minimum Gasteiger partial charge on any atom is -0.465 e. The number of urea groups is 1. The van der Waals surface area contributed by atoms with E-state index < -0.39 is 12.0 Å². The zero-order valence-corrected chi connectivity index (χ0v) is 10.9. The second-order valence-electron chi connectivity index (χ2n) is 3.91. The first-order valence-corrected chi connectivity index (χ1v) is 5.80. The van der Waals surface area contributed by atoms with Crippen molar-refractivity contribution in [1.82, 2.24) is 5.32 Å². The number of carbonyl (C=O) groups excluding carboxylic acids is 2. The Morgan fingerprint density at radius 1 is 1.22 bits per heavy atom. The molecule has 98 valence electrons. The summed E-state index contributed by atoms with van der Waals surface area (Å²) in [4.78, 5) is 22.5. The third-order valence-corrected chi connectivity index (χ3v) is 2.46. The minimum atomic E-state index is -0.451. The largest absolute Gasteiger partial charge is 0.465 e. The molecule has 2 N–H and O–H groups in total. The highest BCUT2D eigenvalue weighted by Crippen LogP contribution is 2.13. The van der Waals surface area contributed by atoms with Gasteiger partial charge >= 0.3 is 12.0 Å². The molecule has 0 heterocycles. The number of nitrogens with one attached hydrogen (secondary N) is 2. The predicted octanol–water partition coefficient (Wildman–Crippen LogP) is 1.99. The number of anilines is 1. The molecule has 0 bridgehead atoms. The van der Waals surface area contributed by atoms with E-state index in [0.717, 1.165) is 11.1 Å². The van der Waals surface area contributed by atoms with E-state index >= 15 is 0 Å². The summed E-state index contributed by atoms with van der Waals surface area (Å²) in [5.41, 5.74) is 2.95. The van der Waals surface area contributed by atoms with Crippen molar-refractivity contribution < 1.29 is 14.3 Å². The van der Waals surface area contributed by atoms with Crippen molar-refractivity contribution in [3.05, 3.63) is 29.3 Å². The Hall–Kier alpha value is -2.04. The Labute approximate surface area is 107 Å². The smallest absolute Gasteiger partial charge is 0.325 e. The number of hydrogen-bond acceptors (Lipinski definition) is 3. The summed E-state index contributed by atoms with van der Waals surface area (Å²) in [6.07, 6.45) is 0. The molecule has 0 fully saturated rings. The monoisotopic (exact) mass is 250 g/mol. The van der Waals surface area contributed by atoms with Gasteiger partial charge in [0.25, 0.3) is 0 Å². The Balaban J connectivity index is 2.44. The summed E-state index contributed by atoms with van der Waals surface area (Å²) in [6, 6.07) is 5.19. The van der Waals surface area contributed by atoms with Crippen LogP contribution in [0.2, 0.25) is 0 Å². The van der Waals surface area contributed by atoms with Gasteiger partial charge in [-0.05, 0) is 44.0 Å². The van der Waals surface area contributed by atoms with Crippen LogP contribution in [-0.2, 0) is 9.53 Å². The number of carbonyl (C=O) groups is 2. The van der Waals surface area contributed by atoms with Gasteiger partial charge in [-0.15, -0.1) is 0 Å². The SMILES string of the molecule is CCOC(=O)CNC(=O)Nc1ccc(C)c(C)c1. The van der Waals surface area contributed by atoms with Crippen LogP contribution in [0.4, 0.5) is 10.5 Å². The van der Waals surface area contributed by atoms with Gasteiger partial charge in [0.2, 0.25) is 0 Å². The van der Waals surface area contributed by atoms with Gasteiger partial charge < -0.3 is 15.4 Å². The third kappa shape index (κ3) is 4.45. The Morgan fingerprint density at radius 3 is 2.56 bits per heavy atom. The van der Waals surface area contributed by atoms with E-state index in [-0.39, 0.29) is 6.54 Å². The zero-order chi connectivity index (χ0) is 13.5. The van der Waals surface area contributed by atoms with E-state index in [1.54, 1.807) is 6.92 Å². The number of esters is 1. The Kier molecular flexibility index (Phi) is 5.17. The van der Waals surface area contributed by atoms with Crippen LogP contribution < -0.4 is 10.6 Å². The average molecular weight is 250 g/mol. The summed E-state index contributed by atoms with van der Waals surface area (Å²) < 4.78 is 4.70. The lowest BCUT2D eigenvalue weighted by molar-refractivity contribution is -0.141. The molecule has 0 spiro atoms. The molecule has 0 radical (unpaired) electrons. The highest BCUT2D eigenvalue weighted by Gasteiger charge is 2.06. The number of benzene rings is 1. The van der Waals surface area contributed by atoms with Crippen LogP contribution in [0.25, 0.3) is 0 Å². The summed E-state index contributed by atoms with van der Waals surface area (Å²) in [7, 11) is 0. The molecule has 2 amide bonds. The zero-order valence-electron chi connectivity index (χ0n) is 10.9. The van der Waals surface area contributed by atoms with Crippen LogP contribution in [0.1, 0.15) is 18.1 Å². The second kappa shape index (κ2) is 6.64. The molecule has 1 aromatic rings. The molecule has 0 aliphatic carbocycles.